The number of halogens is 1. The van der Waals surface area contributed by atoms with Gasteiger partial charge in [0.1, 0.15) is 5.82 Å². The van der Waals surface area contributed by atoms with Crippen molar-refractivity contribution in [2.75, 3.05) is 6.54 Å². The summed E-state index contributed by atoms with van der Waals surface area (Å²) in [6.45, 7) is 0.276. The van der Waals surface area contributed by atoms with Crippen LogP contribution in [0.2, 0.25) is 0 Å². The zero-order chi connectivity index (χ0) is 13.2. The summed E-state index contributed by atoms with van der Waals surface area (Å²) in [7, 11) is 0. The molecule has 1 aromatic rings. The Kier molecular flexibility index (Phi) is 3.66. The number of nitrogens with two attached hydrogens (primary N) is 1. The molecule has 1 aliphatic carbocycles. The summed E-state index contributed by atoms with van der Waals surface area (Å²) in [4.78, 5) is 11.6. The van der Waals surface area contributed by atoms with E-state index in [9.17, 15) is 14.3 Å². The molecule has 1 atom stereocenters. The van der Waals surface area contributed by atoms with Gasteiger partial charge in [0.25, 0.3) is 0 Å². The van der Waals surface area contributed by atoms with Gasteiger partial charge in [0.15, 0.2) is 0 Å². The SMILES string of the molecule is NC[C@H](c1ccc(F)cc1)C1(C(=O)O)CCCC1. The lowest BCUT2D eigenvalue weighted by Gasteiger charge is -2.33. The van der Waals surface area contributed by atoms with Crippen LogP contribution >= 0.6 is 0 Å². The maximum atomic E-state index is 12.9. The minimum absolute atomic E-state index is 0.238. The van der Waals surface area contributed by atoms with Crippen LogP contribution in [0.4, 0.5) is 4.39 Å². The molecule has 0 bridgehead atoms. The van der Waals surface area contributed by atoms with Crippen molar-refractivity contribution in [1.29, 1.82) is 0 Å². The van der Waals surface area contributed by atoms with Crippen LogP contribution in [0.3, 0.4) is 0 Å². The quantitative estimate of drug-likeness (QED) is 0.864. The molecule has 18 heavy (non-hydrogen) atoms. The Morgan fingerprint density at radius 1 is 1.33 bits per heavy atom. The van der Waals surface area contributed by atoms with E-state index >= 15 is 0 Å². The Morgan fingerprint density at radius 3 is 2.33 bits per heavy atom. The third-order valence-electron chi connectivity index (χ3n) is 4.10. The number of carboxylic acids is 1. The lowest BCUT2D eigenvalue weighted by molar-refractivity contribution is -0.150. The van der Waals surface area contributed by atoms with Crippen molar-refractivity contribution in [3.05, 3.63) is 35.6 Å². The summed E-state index contributed by atoms with van der Waals surface area (Å²) in [6.07, 6.45) is 3.15. The Labute approximate surface area is 106 Å². The van der Waals surface area contributed by atoms with Crippen molar-refractivity contribution in [3.63, 3.8) is 0 Å². The second kappa shape index (κ2) is 5.06. The van der Waals surface area contributed by atoms with E-state index < -0.39 is 11.4 Å². The average molecular weight is 251 g/mol. The van der Waals surface area contributed by atoms with Gasteiger partial charge in [-0.1, -0.05) is 25.0 Å². The van der Waals surface area contributed by atoms with E-state index in [-0.39, 0.29) is 18.3 Å². The van der Waals surface area contributed by atoms with E-state index in [1.54, 1.807) is 12.1 Å². The summed E-state index contributed by atoms with van der Waals surface area (Å²) < 4.78 is 12.9. The number of hydrogen-bond acceptors (Lipinski definition) is 2. The molecule has 0 radical (unpaired) electrons. The smallest absolute Gasteiger partial charge is 0.310 e. The van der Waals surface area contributed by atoms with Crippen molar-refractivity contribution in [2.24, 2.45) is 11.1 Å². The summed E-state index contributed by atoms with van der Waals surface area (Å²) in [6, 6.07) is 6.02. The first-order valence-electron chi connectivity index (χ1n) is 6.29. The lowest BCUT2D eigenvalue weighted by atomic mass is 9.70. The molecule has 0 aromatic heterocycles. The molecule has 98 valence electrons. The molecular weight excluding hydrogens is 233 g/mol. The van der Waals surface area contributed by atoms with Gasteiger partial charge >= 0.3 is 5.97 Å². The van der Waals surface area contributed by atoms with E-state index in [1.807, 2.05) is 0 Å². The molecule has 3 N–H and O–H groups in total. The molecule has 0 unspecified atom stereocenters. The van der Waals surface area contributed by atoms with Crippen LogP contribution in [0.1, 0.15) is 37.2 Å². The van der Waals surface area contributed by atoms with E-state index in [0.717, 1.165) is 18.4 Å². The van der Waals surface area contributed by atoms with E-state index in [0.29, 0.717) is 12.8 Å². The Balaban J connectivity index is 2.37. The van der Waals surface area contributed by atoms with Crippen molar-refractivity contribution in [1.82, 2.24) is 0 Å². The molecule has 2 rings (SSSR count). The molecule has 1 saturated carbocycles. The molecule has 3 nitrogen and oxygen atoms in total. The van der Waals surface area contributed by atoms with Crippen molar-refractivity contribution in [3.8, 4) is 0 Å². The third kappa shape index (κ3) is 2.12. The Bertz CT molecular complexity index is 424. The van der Waals surface area contributed by atoms with Crippen molar-refractivity contribution < 1.29 is 14.3 Å². The fourth-order valence-corrected chi connectivity index (χ4v) is 3.09. The molecule has 0 spiro atoms. The minimum atomic E-state index is -0.778. The Hall–Kier alpha value is -1.42. The van der Waals surface area contributed by atoms with Gasteiger partial charge in [0, 0.05) is 12.5 Å². The number of rotatable bonds is 4. The molecule has 0 aliphatic heterocycles. The summed E-state index contributed by atoms with van der Waals surface area (Å²) in [5, 5.41) is 9.55. The highest BCUT2D eigenvalue weighted by atomic mass is 19.1. The monoisotopic (exact) mass is 251 g/mol. The summed E-state index contributed by atoms with van der Waals surface area (Å²) >= 11 is 0. The predicted octanol–water partition coefficient (Wildman–Crippen LogP) is 2.51. The standard InChI is InChI=1S/C14H18FNO2/c15-11-5-3-10(4-6-11)12(9-16)14(13(17)18)7-1-2-8-14/h3-6,12H,1-2,7-9,16H2,(H,17,18)/t12-/m1/s1. The first-order chi connectivity index (χ1) is 8.60. The molecule has 0 saturated heterocycles. The number of carbonyl (C=O) groups is 1. The zero-order valence-electron chi connectivity index (χ0n) is 10.2. The highest BCUT2D eigenvalue weighted by Crippen LogP contribution is 2.48. The van der Waals surface area contributed by atoms with Gasteiger partial charge in [-0.05, 0) is 30.5 Å². The normalized spacial score (nSPS) is 19.7. The number of carboxylic acid groups (broad SMARTS) is 1. The van der Waals surface area contributed by atoms with Crippen LogP contribution < -0.4 is 5.73 Å². The molecule has 4 heteroatoms. The van der Waals surface area contributed by atoms with E-state index in [2.05, 4.69) is 0 Å². The predicted molar refractivity (Wildman–Crippen MR) is 66.7 cm³/mol. The first kappa shape index (κ1) is 13.0. The second-order valence-electron chi connectivity index (χ2n) is 5.01. The largest absolute Gasteiger partial charge is 0.481 e. The summed E-state index contributed by atoms with van der Waals surface area (Å²) in [5.41, 5.74) is 5.84. The highest BCUT2D eigenvalue weighted by Gasteiger charge is 2.47. The van der Waals surface area contributed by atoms with Crippen molar-refractivity contribution in [2.45, 2.75) is 31.6 Å². The fraction of sp³-hybridized carbons (Fsp3) is 0.500. The topological polar surface area (TPSA) is 63.3 Å². The maximum Gasteiger partial charge on any atom is 0.310 e. The molecule has 1 aliphatic rings. The average Bonchev–Trinajstić information content (AvgIpc) is 2.83. The van der Waals surface area contributed by atoms with Crippen LogP contribution in [-0.4, -0.2) is 17.6 Å². The van der Waals surface area contributed by atoms with Gasteiger partial charge in [0.2, 0.25) is 0 Å². The van der Waals surface area contributed by atoms with E-state index in [1.165, 1.54) is 12.1 Å². The van der Waals surface area contributed by atoms with E-state index in [4.69, 9.17) is 5.73 Å². The van der Waals surface area contributed by atoms with Crippen LogP contribution in [0.15, 0.2) is 24.3 Å². The van der Waals surface area contributed by atoms with Crippen LogP contribution in [0, 0.1) is 11.2 Å². The minimum Gasteiger partial charge on any atom is -0.481 e. The number of benzene rings is 1. The van der Waals surface area contributed by atoms with Gasteiger partial charge in [-0.3, -0.25) is 4.79 Å². The third-order valence-corrected chi connectivity index (χ3v) is 4.10. The molecular formula is C14H18FNO2. The fourth-order valence-electron chi connectivity index (χ4n) is 3.09. The highest BCUT2D eigenvalue weighted by molar-refractivity contribution is 5.76. The first-order valence-corrected chi connectivity index (χ1v) is 6.29. The van der Waals surface area contributed by atoms with Gasteiger partial charge in [-0.2, -0.15) is 0 Å². The summed E-state index contributed by atoms with van der Waals surface area (Å²) in [5.74, 6) is -1.33. The van der Waals surface area contributed by atoms with Gasteiger partial charge in [0.05, 0.1) is 5.41 Å². The molecule has 1 fully saturated rings. The molecule has 0 amide bonds. The second-order valence-corrected chi connectivity index (χ2v) is 5.01. The van der Waals surface area contributed by atoms with Crippen LogP contribution in [0.25, 0.3) is 0 Å². The maximum absolute atomic E-state index is 12.9. The Morgan fingerprint density at radius 2 is 1.89 bits per heavy atom. The molecule has 1 aromatic carbocycles. The van der Waals surface area contributed by atoms with Gasteiger partial charge in [-0.15, -0.1) is 0 Å². The zero-order valence-corrected chi connectivity index (χ0v) is 10.2. The van der Waals surface area contributed by atoms with Crippen molar-refractivity contribution >= 4 is 5.97 Å². The van der Waals surface area contributed by atoms with Gasteiger partial charge < -0.3 is 10.8 Å². The van der Waals surface area contributed by atoms with Crippen LogP contribution in [0.5, 0.6) is 0 Å². The van der Waals surface area contributed by atoms with Crippen LogP contribution in [-0.2, 0) is 4.79 Å². The lowest BCUT2D eigenvalue weighted by Crippen LogP contribution is -2.38. The number of aliphatic carboxylic acids is 1. The molecule has 0 heterocycles. The van der Waals surface area contributed by atoms with Gasteiger partial charge in [-0.25, -0.2) is 4.39 Å². The number of hydrogen-bond donors (Lipinski definition) is 2.